The molecule has 2 aromatic carbocycles. The summed E-state index contributed by atoms with van der Waals surface area (Å²) >= 11 is 7.57. The Morgan fingerprint density at radius 3 is 2.56 bits per heavy atom. The molecular formula is C26H31ClN2O2S. The maximum atomic E-state index is 11.5. The highest BCUT2D eigenvalue weighted by atomic mass is 35.5. The molecule has 1 unspecified atom stereocenters. The molecule has 0 saturated carbocycles. The number of ketones is 1. The summed E-state index contributed by atoms with van der Waals surface area (Å²) in [7, 11) is 0. The van der Waals surface area contributed by atoms with Gasteiger partial charge in [-0.05, 0) is 80.8 Å². The third-order valence-electron chi connectivity index (χ3n) is 6.68. The van der Waals surface area contributed by atoms with Crippen LogP contribution in [-0.2, 0) is 11.2 Å². The van der Waals surface area contributed by atoms with Gasteiger partial charge in [0.25, 0.3) is 5.19 Å². The van der Waals surface area contributed by atoms with E-state index in [9.17, 15) is 4.79 Å². The number of rotatable bonds is 7. The Hall–Kier alpha value is -1.95. The van der Waals surface area contributed by atoms with Crippen molar-refractivity contribution in [3.63, 3.8) is 0 Å². The molecule has 0 radical (unpaired) electrons. The number of hydrogen-bond donors (Lipinski definition) is 0. The molecule has 0 spiro atoms. The number of nitrogens with zero attached hydrogens (tertiary/aromatic N) is 2. The number of benzene rings is 2. The molecule has 0 amide bonds. The summed E-state index contributed by atoms with van der Waals surface area (Å²) in [6.45, 7) is 2.83. The van der Waals surface area contributed by atoms with Crippen LogP contribution in [0.1, 0.15) is 52.0 Å². The molecule has 32 heavy (non-hydrogen) atoms. The van der Waals surface area contributed by atoms with Crippen LogP contribution in [0.15, 0.2) is 42.5 Å². The fourth-order valence-electron chi connectivity index (χ4n) is 5.33. The van der Waals surface area contributed by atoms with E-state index in [4.69, 9.17) is 16.3 Å². The first-order valence-electron chi connectivity index (χ1n) is 11.1. The molecule has 2 fully saturated rings. The highest BCUT2D eigenvalue weighted by molar-refractivity contribution is 7.20. The van der Waals surface area contributed by atoms with Crippen LogP contribution in [0.4, 0.5) is 0 Å². The SMILES string of the molecule is C.CC(=O)CC1C[C@H]2CC[C@@H](C1)N2CCc1ccc(Oc2nc3ccc(Cl)cc3s2)cc1. The summed E-state index contributed by atoms with van der Waals surface area (Å²) in [5.41, 5.74) is 2.23. The van der Waals surface area contributed by atoms with E-state index >= 15 is 0 Å². The third-order valence-corrected chi connectivity index (χ3v) is 7.81. The number of hydrogen-bond acceptors (Lipinski definition) is 5. The number of halogens is 1. The van der Waals surface area contributed by atoms with Crippen molar-refractivity contribution < 1.29 is 9.53 Å². The van der Waals surface area contributed by atoms with Crippen LogP contribution < -0.4 is 4.74 Å². The van der Waals surface area contributed by atoms with Crippen molar-refractivity contribution in [2.45, 2.75) is 65.0 Å². The average molecular weight is 471 g/mol. The second-order valence-electron chi connectivity index (χ2n) is 8.95. The minimum absolute atomic E-state index is 0. The maximum Gasteiger partial charge on any atom is 0.279 e. The van der Waals surface area contributed by atoms with Crippen molar-refractivity contribution >= 4 is 38.9 Å². The molecule has 0 aliphatic carbocycles. The van der Waals surface area contributed by atoms with Crippen molar-refractivity contribution in [1.29, 1.82) is 0 Å². The van der Waals surface area contributed by atoms with Gasteiger partial charge in [-0.3, -0.25) is 4.90 Å². The van der Waals surface area contributed by atoms with E-state index in [0.29, 0.717) is 34.0 Å². The van der Waals surface area contributed by atoms with Crippen molar-refractivity contribution in [2.75, 3.05) is 6.54 Å². The Labute approximate surface area is 199 Å². The molecule has 3 heterocycles. The third kappa shape index (κ3) is 5.16. The molecule has 3 atom stereocenters. The van der Waals surface area contributed by atoms with Crippen LogP contribution in [0.5, 0.6) is 10.9 Å². The van der Waals surface area contributed by atoms with E-state index < -0.39 is 0 Å². The number of piperidine rings is 1. The van der Waals surface area contributed by atoms with Gasteiger partial charge in [-0.2, -0.15) is 0 Å². The van der Waals surface area contributed by atoms with E-state index in [1.54, 1.807) is 6.92 Å². The molecule has 2 aliphatic rings. The summed E-state index contributed by atoms with van der Waals surface area (Å²) in [6, 6.07) is 15.4. The molecule has 3 aromatic rings. The zero-order chi connectivity index (χ0) is 21.4. The summed E-state index contributed by atoms with van der Waals surface area (Å²) in [6.07, 6.45) is 6.78. The minimum atomic E-state index is 0. The summed E-state index contributed by atoms with van der Waals surface area (Å²) in [4.78, 5) is 18.7. The molecule has 6 heteroatoms. The number of thiazole rings is 1. The summed E-state index contributed by atoms with van der Waals surface area (Å²) < 4.78 is 7.00. The van der Waals surface area contributed by atoms with Gasteiger partial charge in [-0.15, -0.1) is 0 Å². The normalized spacial score (nSPS) is 22.6. The van der Waals surface area contributed by atoms with Crippen LogP contribution in [-0.4, -0.2) is 34.3 Å². The topological polar surface area (TPSA) is 42.4 Å². The first-order valence-corrected chi connectivity index (χ1v) is 12.3. The van der Waals surface area contributed by atoms with Crippen LogP contribution in [0.25, 0.3) is 10.2 Å². The van der Waals surface area contributed by atoms with Crippen LogP contribution >= 0.6 is 22.9 Å². The van der Waals surface area contributed by atoms with Crippen LogP contribution in [0.2, 0.25) is 5.02 Å². The minimum Gasteiger partial charge on any atom is -0.431 e. The van der Waals surface area contributed by atoms with Gasteiger partial charge in [-0.1, -0.05) is 42.5 Å². The number of fused-ring (bicyclic) bond motifs is 3. The van der Waals surface area contributed by atoms with Crippen LogP contribution in [0, 0.1) is 5.92 Å². The van der Waals surface area contributed by atoms with Gasteiger partial charge in [0.2, 0.25) is 0 Å². The molecule has 2 saturated heterocycles. The molecule has 170 valence electrons. The van der Waals surface area contributed by atoms with Gasteiger partial charge in [-0.25, -0.2) is 4.98 Å². The summed E-state index contributed by atoms with van der Waals surface area (Å²) in [5.74, 6) is 1.75. The van der Waals surface area contributed by atoms with Crippen molar-refractivity contribution in [3.05, 3.63) is 53.1 Å². The Balaban J connectivity index is 0.00000245. The molecule has 2 bridgehead atoms. The van der Waals surface area contributed by atoms with Gasteiger partial charge in [0, 0.05) is 30.1 Å². The lowest BCUT2D eigenvalue weighted by Gasteiger charge is -2.38. The van der Waals surface area contributed by atoms with Gasteiger partial charge in [0.15, 0.2) is 0 Å². The first-order chi connectivity index (χ1) is 15.0. The van der Waals surface area contributed by atoms with Gasteiger partial charge < -0.3 is 9.53 Å². The van der Waals surface area contributed by atoms with Crippen molar-refractivity contribution in [2.24, 2.45) is 5.92 Å². The van der Waals surface area contributed by atoms with Gasteiger partial charge in [0.1, 0.15) is 11.5 Å². The maximum absolute atomic E-state index is 11.5. The van der Waals surface area contributed by atoms with E-state index in [2.05, 4.69) is 22.0 Å². The first kappa shape index (κ1) is 23.2. The van der Waals surface area contributed by atoms with Crippen molar-refractivity contribution in [3.8, 4) is 10.9 Å². The van der Waals surface area contributed by atoms with E-state index in [-0.39, 0.29) is 7.43 Å². The Morgan fingerprint density at radius 2 is 1.88 bits per heavy atom. The van der Waals surface area contributed by atoms with Crippen molar-refractivity contribution in [1.82, 2.24) is 9.88 Å². The lowest BCUT2D eigenvalue weighted by molar-refractivity contribution is -0.118. The second kappa shape index (κ2) is 9.90. The smallest absolute Gasteiger partial charge is 0.279 e. The number of carbonyl (C=O) groups is 1. The predicted molar refractivity (Wildman–Crippen MR) is 133 cm³/mol. The second-order valence-corrected chi connectivity index (χ2v) is 10.4. The average Bonchev–Trinajstić information content (AvgIpc) is 3.23. The number of Topliss-reactive ketones (excluding diaryl/α,β-unsaturated/α-hetero) is 1. The number of carbonyl (C=O) groups excluding carboxylic acids is 1. The Bertz CT molecular complexity index is 1070. The van der Waals surface area contributed by atoms with E-state index in [0.717, 1.165) is 35.4 Å². The zero-order valence-corrected chi connectivity index (χ0v) is 19.3. The Kier molecular flexibility index (Phi) is 7.18. The van der Waals surface area contributed by atoms with Crippen LogP contribution in [0.3, 0.4) is 0 Å². The number of aromatic nitrogens is 1. The summed E-state index contributed by atoms with van der Waals surface area (Å²) in [5, 5.41) is 1.35. The zero-order valence-electron chi connectivity index (χ0n) is 17.7. The molecular weight excluding hydrogens is 440 g/mol. The fraction of sp³-hybridized carbons (Fsp3) is 0.462. The van der Waals surface area contributed by atoms with Gasteiger partial charge in [0.05, 0.1) is 10.2 Å². The molecule has 1 aromatic heterocycles. The fourth-order valence-corrected chi connectivity index (χ4v) is 6.44. The molecule has 5 rings (SSSR count). The lowest BCUT2D eigenvalue weighted by Crippen LogP contribution is -2.44. The van der Waals surface area contributed by atoms with E-state index in [1.807, 2.05) is 30.3 Å². The molecule has 0 N–H and O–H groups in total. The highest BCUT2D eigenvalue weighted by Gasteiger charge is 2.40. The molecule has 4 nitrogen and oxygen atoms in total. The largest absolute Gasteiger partial charge is 0.431 e. The highest BCUT2D eigenvalue weighted by Crippen LogP contribution is 2.40. The standard InChI is InChI=1S/C25H27ClN2O2S.CH4/c1-16(29)12-18-13-20-5-6-21(14-18)28(20)11-10-17-2-7-22(8-3-17)30-25-27-23-9-4-19(26)15-24(23)31-25;/h2-4,7-9,15,18,20-21H,5-6,10-14H2,1H3;1H4/t18?,20-,21+;. The quantitative estimate of drug-likeness (QED) is 0.368. The lowest BCUT2D eigenvalue weighted by atomic mass is 9.87. The molecule has 2 aliphatic heterocycles. The van der Waals surface area contributed by atoms with E-state index in [1.165, 1.54) is 42.6 Å². The Morgan fingerprint density at radius 1 is 1.16 bits per heavy atom. The monoisotopic (exact) mass is 470 g/mol. The number of ether oxygens (including phenoxy) is 1. The predicted octanol–water partition coefficient (Wildman–Crippen LogP) is 7.14. The van der Waals surface area contributed by atoms with Gasteiger partial charge >= 0.3 is 0 Å².